The van der Waals surface area contributed by atoms with Crippen LogP contribution in [-0.2, 0) is 6.54 Å². The van der Waals surface area contributed by atoms with Crippen LogP contribution < -0.4 is 4.57 Å². The molecule has 25 heavy (non-hydrogen) atoms. The van der Waals surface area contributed by atoms with Crippen LogP contribution in [-0.4, -0.2) is 9.38 Å². The molecule has 0 aliphatic carbocycles. The second-order valence-electron chi connectivity index (χ2n) is 7.32. The summed E-state index contributed by atoms with van der Waals surface area (Å²) in [7, 11) is 0. The van der Waals surface area contributed by atoms with E-state index in [1.54, 1.807) is 0 Å². The average molecular weight is 324 g/mol. The highest BCUT2D eigenvalue weighted by atomic mass is 15.1. The van der Waals surface area contributed by atoms with E-state index in [2.05, 4.69) is 71.3 Å². The summed E-state index contributed by atoms with van der Waals surface area (Å²) in [6.45, 7) is 5.46. The highest BCUT2D eigenvalue weighted by molar-refractivity contribution is 6.13. The van der Waals surface area contributed by atoms with Crippen molar-refractivity contribution >= 4 is 38.5 Å². The van der Waals surface area contributed by atoms with Crippen LogP contribution in [0.15, 0.2) is 54.7 Å². The van der Waals surface area contributed by atoms with E-state index in [0.29, 0.717) is 5.92 Å². The van der Waals surface area contributed by atoms with Crippen molar-refractivity contribution in [2.75, 3.05) is 0 Å². The number of imidazole rings is 1. The molecule has 120 valence electrons. The molecule has 0 N–H and O–H groups in total. The van der Waals surface area contributed by atoms with Crippen LogP contribution in [0.4, 0.5) is 0 Å². The normalized spacial score (nSPS) is 13.4. The second-order valence-corrected chi connectivity index (χ2v) is 7.32. The Morgan fingerprint density at radius 1 is 0.960 bits per heavy atom. The third kappa shape index (κ3) is 1.47. The smallest absolute Gasteiger partial charge is 0.255 e. The van der Waals surface area contributed by atoms with Crippen LogP contribution in [0.2, 0.25) is 0 Å². The molecule has 0 saturated heterocycles. The van der Waals surface area contributed by atoms with E-state index in [1.165, 1.54) is 44.1 Å². The standard InChI is InChI=1S/C22H18N3/c1-13(2)15-6-5-9-18-20(15)21-19-14(10-11-23-21)12-24-16-7-3-4-8-17(16)25(18)22(19)24/h3-11,13H,12H2,1-2H3/q+1. The number of aromatic nitrogens is 3. The van der Waals surface area contributed by atoms with Crippen molar-refractivity contribution in [3.63, 3.8) is 0 Å². The van der Waals surface area contributed by atoms with Crippen molar-refractivity contribution in [1.82, 2.24) is 9.38 Å². The van der Waals surface area contributed by atoms with Gasteiger partial charge in [-0.25, -0.2) is 4.57 Å². The lowest BCUT2D eigenvalue weighted by atomic mass is 9.96. The van der Waals surface area contributed by atoms with Crippen LogP contribution >= 0.6 is 0 Å². The molecule has 0 radical (unpaired) electrons. The van der Waals surface area contributed by atoms with Gasteiger partial charge >= 0.3 is 0 Å². The number of benzene rings is 2. The molecule has 3 heteroatoms. The number of fused-ring (bicyclic) bond motifs is 6. The van der Waals surface area contributed by atoms with Crippen LogP contribution in [0.5, 0.6) is 0 Å². The van der Waals surface area contributed by atoms with Crippen molar-refractivity contribution in [1.29, 1.82) is 0 Å². The van der Waals surface area contributed by atoms with Gasteiger partial charge in [0.1, 0.15) is 12.1 Å². The first kappa shape index (κ1) is 13.4. The second kappa shape index (κ2) is 4.37. The van der Waals surface area contributed by atoms with Gasteiger partial charge < -0.3 is 0 Å². The van der Waals surface area contributed by atoms with Gasteiger partial charge in [-0.3, -0.25) is 4.98 Å². The van der Waals surface area contributed by atoms with Crippen molar-refractivity contribution in [2.24, 2.45) is 0 Å². The lowest BCUT2D eigenvalue weighted by Gasteiger charge is -2.11. The fraction of sp³-hybridized carbons (Fsp3) is 0.182. The summed E-state index contributed by atoms with van der Waals surface area (Å²) in [5, 5.41) is 2.62. The number of rotatable bonds is 1. The Morgan fingerprint density at radius 3 is 2.68 bits per heavy atom. The minimum absolute atomic E-state index is 0.463. The van der Waals surface area contributed by atoms with Gasteiger partial charge in [0, 0.05) is 11.8 Å². The third-order valence-corrected chi connectivity index (χ3v) is 5.64. The van der Waals surface area contributed by atoms with Crippen LogP contribution in [0.3, 0.4) is 0 Å². The first-order chi connectivity index (χ1) is 12.3. The number of hydrogen-bond donors (Lipinski definition) is 0. The molecule has 0 amide bonds. The van der Waals surface area contributed by atoms with Gasteiger partial charge in [-0.05, 0) is 35.7 Å². The Labute approximate surface area is 145 Å². The summed E-state index contributed by atoms with van der Waals surface area (Å²) in [6, 6.07) is 17.6. The van der Waals surface area contributed by atoms with Crippen molar-refractivity contribution in [2.45, 2.75) is 26.3 Å². The molecule has 0 fully saturated rings. The van der Waals surface area contributed by atoms with Gasteiger partial charge in [-0.2, -0.15) is 4.40 Å². The summed E-state index contributed by atoms with van der Waals surface area (Å²) in [6.07, 6.45) is 1.97. The van der Waals surface area contributed by atoms with Gasteiger partial charge in [0.05, 0.1) is 16.3 Å². The minimum atomic E-state index is 0.463. The molecular formula is C22H18N3+. The molecule has 0 unspecified atom stereocenters. The fourth-order valence-electron chi connectivity index (χ4n) is 4.61. The Kier molecular flexibility index (Phi) is 2.33. The van der Waals surface area contributed by atoms with Crippen LogP contribution in [0.1, 0.15) is 30.9 Å². The maximum absolute atomic E-state index is 4.84. The van der Waals surface area contributed by atoms with Gasteiger partial charge in [-0.15, -0.1) is 0 Å². The molecule has 3 aromatic heterocycles. The van der Waals surface area contributed by atoms with E-state index in [0.717, 1.165) is 12.1 Å². The number of hydrogen-bond acceptors (Lipinski definition) is 1. The molecule has 3 nitrogen and oxygen atoms in total. The van der Waals surface area contributed by atoms with Crippen molar-refractivity contribution in [3.8, 4) is 0 Å². The third-order valence-electron chi connectivity index (χ3n) is 5.64. The summed E-state index contributed by atoms with van der Waals surface area (Å²) < 4.78 is 4.88. The summed E-state index contributed by atoms with van der Waals surface area (Å²) in [4.78, 5) is 4.84. The van der Waals surface area contributed by atoms with Gasteiger partial charge in [0.15, 0.2) is 11.0 Å². The van der Waals surface area contributed by atoms with E-state index in [-0.39, 0.29) is 0 Å². The Bertz CT molecular complexity index is 1340. The summed E-state index contributed by atoms with van der Waals surface area (Å²) in [5.41, 5.74) is 9.02. The van der Waals surface area contributed by atoms with E-state index >= 15 is 0 Å². The Hall–Kier alpha value is -2.94. The zero-order valence-electron chi connectivity index (χ0n) is 14.3. The maximum Gasteiger partial charge on any atom is 0.298 e. The largest absolute Gasteiger partial charge is 0.298 e. The molecular weight excluding hydrogens is 306 g/mol. The zero-order valence-corrected chi connectivity index (χ0v) is 14.3. The lowest BCUT2D eigenvalue weighted by molar-refractivity contribution is -0.631. The minimum Gasteiger partial charge on any atom is -0.255 e. The molecule has 1 aliphatic heterocycles. The highest BCUT2D eigenvalue weighted by Crippen LogP contribution is 2.38. The molecule has 0 spiro atoms. The summed E-state index contributed by atoms with van der Waals surface area (Å²) in [5.74, 6) is 0.463. The molecule has 0 saturated carbocycles. The van der Waals surface area contributed by atoms with E-state index < -0.39 is 0 Å². The van der Waals surface area contributed by atoms with Gasteiger partial charge in [0.2, 0.25) is 0 Å². The molecule has 4 heterocycles. The predicted molar refractivity (Wildman–Crippen MR) is 101 cm³/mol. The lowest BCUT2D eigenvalue weighted by Crippen LogP contribution is -2.30. The maximum atomic E-state index is 4.84. The Balaban J connectivity index is 2.06. The van der Waals surface area contributed by atoms with Crippen molar-refractivity contribution in [3.05, 3.63) is 65.9 Å². The quantitative estimate of drug-likeness (QED) is 0.321. The van der Waals surface area contributed by atoms with Gasteiger partial charge in [0.25, 0.3) is 5.65 Å². The molecule has 1 aliphatic rings. The molecule has 2 aromatic carbocycles. The first-order valence-electron chi connectivity index (χ1n) is 8.91. The first-order valence-corrected chi connectivity index (χ1v) is 8.91. The molecule has 6 rings (SSSR count). The van der Waals surface area contributed by atoms with Crippen LogP contribution in [0, 0.1) is 0 Å². The zero-order chi connectivity index (χ0) is 16.7. The van der Waals surface area contributed by atoms with Crippen LogP contribution in [0.25, 0.3) is 38.5 Å². The van der Waals surface area contributed by atoms with E-state index in [4.69, 9.17) is 4.98 Å². The van der Waals surface area contributed by atoms with Gasteiger partial charge in [-0.1, -0.05) is 38.1 Å². The summed E-state index contributed by atoms with van der Waals surface area (Å²) >= 11 is 0. The Morgan fingerprint density at radius 2 is 1.80 bits per heavy atom. The molecule has 5 aromatic rings. The van der Waals surface area contributed by atoms with Crippen molar-refractivity contribution < 1.29 is 4.57 Å². The van der Waals surface area contributed by atoms with E-state index in [1.807, 2.05) is 6.20 Å². The SMILES string of the molecule is CC(C)c1cccc2c1c1nccc3c1c1n2c2ccccc2[n+]1C3. The number of pyridine rings is 2. The monoisotopic (exact) mass is 324 g/mol. The topological polar surface area (TPSA) is 21.2 Å². The molecule has 0 bridgehead atoms. The highest BCUT2D eigenvalue weighted by Gasteiger charge is 2.32. The number of para-hydroxylation sites is 2. The number of nitrogens with zero attached hydrogens (tertiary/aromatic N) is 3. The fourth-order valence-corrected chi connectivity index (χ4v) is 4.61. The predicted octanol–water partition coefficient (Wildman–Crippen LogP) is 4.57. The molecule has 0 atom stereocenters. The van der Waals surface area contributed by atoms with E-state index in [9.17, 15) is 0 Å². The average Bonchev–Trinajstić information content (AvgIpc) is 3.16.